The van der Waals surface area contributed by atoms with Crippen molar-refractivity contribution in [3.8, 4) is 5.69 Å². The van der Waals surface area contributed by atoms with Crippen LogP contribution in [0.25, 0.3) is 5.69 Å². The molecule has 1 aromatic heterocycles. The number of aromatic nitrogens is 2. The maximum atomic E-state index is 12.6. The van der Waals surface area contributed by atoms with Gasteiger partial charge in [0.25, 0.3) is 11.5 Å². The summed E-state index contributed by atoms with van der Waals surface area (Å²) >= 11 is 0. The highest BCUT2D eigenvalue weighted by molar-refractivity contribution is 6.02. The smallest absolute Gasteiger partial charge is 0.276 e. The Morgan fingerprint density at radius 2 is 1.61 bits per heavy atom. The molecular formula is C21H20N4O3. The van der Waals surface area contributed by atoms with E-state index in [0.717, 1.165) is 32.0 Å². The zero-order valence-corrected chi connectivity index (χ0v) is 15.2. The Morgan fingerprint density at radius 1 is 0.893 bits per heavy atom. The third kappa shape index (κ3) is 3.94. The summed E-state index contributed by atoms with van der Waals surface area (Å²) in [5.41, 5.74) is 2.24. The zero-order chi connectivity index (χ0) is 19.3. The predicted octanol–water partition coefficient (Wildman–Crippen LogP) is 2.32. The van der Waals surface area contributed by atoms with Crippen LogP contribution in [0, 0.1) is 0 Å². The average molecular weight is 376 g/mol. The Kier molecular flexibility index (Phi) is 5.16. The Morgan fingerprint density at radius 3 is 2.32 bits per heavy atom. The summed E-state index contributed by atoms with van der Waals surface area (Å²) in [5.74, 6) is -0.371. The number of nitrogens with one attached hydrogen (secondary N) is 1. The monoisotopic (exact) mass is 376 g/mol. The number of morpholine rings is 1. The molecule has 7 heteroatoms. The van der Waals surface area contributed by atoms with E-state index in [1.807, 2.05) is 42.5 Å². The number of amides is 1. The molecule has 2 heterocycles. The van der Waals surface area contributed by atoms with E-state index in [1.54, 1.807) is 12.1 Å². The molecule has 0 unspecified atom stereocenters. The summed E-state index contributed by atoms with van der Waals surface area (Å²) in [4.78, 5) is 26.9. The second-order valence-electron chi connectivity index (χ2n) is 6.40. The summed E-state index contributed by atoms with van der Waals surface area (Å²) < 4.78 is 6.59. The largest absolute Gasteiger partial charge is 0.378 e. The molecular weight excluding hydrogens is 356 g/mol. The molecule has 142 valence electrons. The first kappa shape index (κ1) is 17.9. The molecule has 0 aliphatic carbocycles. The van der Waals surface area contributed by atoms with Crippen LogP contribution in [-0.2, 0) is 4.74 Å². The number of anilines is 2. The Balaban J connectivity index is 1.50. The van der Waals surface area contributed by atoms with Crippen molar-refractivity contribution in [3.63, 3.8) is 0 Å². The number of para-hydroxylation sites is 1. The minimum Gasteiger partial charge on any atom is -0.378 e. The number of carbonyl (C=O) groups is 1. The molecule has 1 aliphatic rings. The van der Waals surface area contributed by atoms with E-state index < -0.39 is 0 Å². The first-order valence-corrected chi connectivity index (χ1v) is 9.11. The fraction of sp³-hybridized carbons (Fsp3) is 0.190. The van der Waals surface area contributed by atoms with Gasteiger partial charge in [0.05, 0.1) is 18.9 Å². The molecule has 2 aromatic carbocycles. The van der Waals surface area contributed by atoms with Gasteiger partial charge >= 0.3 is 0 Å². The topological polar surface area (TPSA) is 76.5 Å². The lowest BCUT2D eigenvalue weighted by Gasteiger charge is -2.28. The third-order valence-corrected chi connectivity index (χ3v) is 4.54. The second-order valence-corrected chi connectivity index (χ2v) is 6.40. The summed E-state index contributed by atoms with van der Waals surface area (Å²) in [6.07, 6.45) is 0. The van der Waals surface area contributed by atoms with Gasteiger partial charge in [-0.25, -0.2) is 0 Å². The number of hydrogen-bond acceptors (Lipinski definition) is 5. The molecule has 4 rings (SSSR count). The van der Waals surface area contributed by atoms with Crippen molar-refractivity contribution < 1.29 is 9.53 Å². The predicted molar refractivity (Wildman–Crippen MR) is 107 cm³/mol. The minimum absolute atomic E-state index is 0.167. The van der Waals surface area contributed by atoms with Crippen molar-refractivity contribution in [1.82, 2.24) is 9.78 Å². The van der Waals surface area contributed by atoms with E-state index in [1.165, 1.54) is 16.8 Å². The summed E-state index contributed by atoms with van der Waals surface area (Å²) in [6, 6.07) is 19.4. The first-order valence-electron chi connectivity index (χ1n) is 9.11. The lowest BCUT2D eigenvalue weighted by molar-refractivity contribution is 0.102. The molecule has 28 heavy (non-hydrogen) atoms. The van der Waals surface area contributed by atoms with Gasteiger partial charge in [-0.2, -0.15) is 9.78 Å². The van der Waals surface area contributed by atoms with E-state index in [0.29, 0.717) is 11.4 Å². The van der Waals surface area contributed by atoms with Gasteiger partial charge in [0, 0.05) is 30.5 Å². The number of hydrogen-bond donors (Lipinski definition) is 1. The van der Waals surface area contributed by atoms with Crippen molar-refractivity contribution in [2.75, 3.05) is 36.5 Å². The molecule has 0 spiro atoms. The number of carbonyl (C=O) groups excluding carboxylic acids is 1. The lowest BCUT2D eigenvalue weighted by atomic mass is 10.2. The van der Waals surface area contributed by atoms with Gasteiger partial charge in [-0.1, -0.05) is 18.2 Å². The third-order valence-electron chi connectivity index (χ3n) is 4.54. The van der Waals surface area contributed by atoms with Crippen molar-refractivity contribution in [2.24, 2.45) is 0 Å². The van der Waals surface area contributed by atoms with Crippen molar-refractivity contribution in [1.29, 1.82) is 0 Å². The Labute approximate surface area is 162 Å². The van der Waals surface area contributed by atoms with Crippen molar-refractivity contribution in [3.05, 3.63) is 82.8 Å². The molecule has 1 aliphatic heterocycles. The molecule has 0 atom stereocenters. The summed E-state index contributed by atoms with van der Waals surface area (Å²) in [5, 5.41) is 7.03. The standard InChI is InChI=1S/C21H20N4O3/c26-20-11-10-19(23-25(20)18-4-2-1-3-5-18)21(27)22-16-6-8-17(9-7-16)24-12-14-28-15-13-24/h1-11H,12-15H2,(H,22,27). The van der Waals surface area contributed by atoms with E-state index >= 15 is 0 Å². The Hall–Kier alpha value is -3.45. The number of rotatable bonds is 4. The fourth-order valence-electron chi connectivity index (χ4n) is 3.06. The van der Waals surface area contributed by atoms with Crippen LogP contribution in [0.4, 0.5) is 11.4 Å². The van der Waals surface area contributed by atoms with Crippen LogP contribution in [-0.4, -0.2) is 42.0 Å². The van der Waals surface area contributed by atoms with E-state index in [-0.39, 0.29) is 17.2 Å². The number of nitrogens with zero attached hydrogens (tertiary/aromatic N) is 3. The van der Waals surface area contributed by atoms with Gasteiger partial charge in [0.15, 0.2) is 0 Å². The van der Waals surface area contributed by atoms with Crippen molar-refractivity contribution >= 4 is 17.3 Å². The minimum atomic E-state index is -0.371. The van der Waals surface area contributed by atoms with Gasteiger partial charge in [0.2, 0.25) is 0 Å². The molecule has 0 saturated carbocycles. The van der Waals surface area contributed by atoms with Crippen LogP contribution in [0.1, 0.15) is 10.5 Å². The highest BCUT2D eigenvalue weighted by Gasteiger charge is 2.13. The summed E-state index contributed by atoms with van der Waals surface area (Å²) in [6.45, 7) is 3.16. The molecule has 1 fully saturated rings. The maximum absolute atomic E-state index is 12.6. The van der Waals surface area contributed by atoms with E-state index in [4.69, 9.17) is 4.74 Å². The highest BCUT2D eigenvalue weighted by Crippen LogP contribution is 2.19. The van der Waals surface area contributed by atoms with Crippen LogP contribution in [0.3, 0.4) is 0 Å². The second kappa shape index (κ2) is 8.06. The Bertz CT molecular complexity index is 1010. The normalized spacial score (nSPS) is 13.9. The van der Waals surface area contributed by atoms with E-state index in [2.05, 4.69) is 15.3 Å². The maximum Gasteiger partial charge on any atom is 0.276 e. The van der Waals surface area contributed by atoms with Crippen LogP contribution in [0.2, 0.25) is 0 Å². The molecule has 0 bridgehead atoms. The average Bonchev–Trinajstić information content (AvgIpc) is 2.76. The van der Waals surface area contributed by atoms with Crippen LogP contribution in [0.5, 0.6) is 0 Å². The van der Waals surface area contributed by atoms with Gasteiger partial charge < -0.3 is 15.0 Å². The number of ether oxygens (including phenoxy) is 1. The molecule has 1 N–H and O–H groups in total. The SMILES string of the molecule is O=C(Nc1ccc(N2CCOCC2)cc1)c1ccc(=O)n(-c2ccccc2)n1. The fourth-order valence-corrected chi connectivity index (χ4v) is 3.06. The van der Waals surface area contributed by atoms with E-state index in [9.17, 15) is 9.59 Å². The molecule has 3 aromatic rings. The highest BCUT2D eigenvalue weighted by atomic mass is 16.5. The lowest BCUT2D eigenvalue weighted by Crippen LogP contribution is -2.36. The number of benzene rings is 2. The van der Waals surface area contributed by atoms with Gasteiger partial charge in [0.1, 0.15) is 5.69 Å². The van der Waals surface area contributed by atoms with Crippen LogP contribution in [0.15, 0.2) is 71.5 Å². The zero-order valence-electron chi connectivity index (χ0n) is 15.2. The van der Waals surface area contributed by atoms with Crippen LogP contribution < -0.4 is 15.8 Å². The summed E-state index contributed by atoms with van der Waals surface area (Å²) in [7, 11) is 0. The molecule has 0 radical (unpaired) electrons. The van der Waals surface area contributed by atoms with Gasteiger partial charge in [-0.15, -0.1) is 0 Å². The molecule has 7 nitrogen and oxygen atoms in total. The molecule has 1 amide bonds. The molecule has 1 saturated heterocycles. The quantitative estimate of drug-likeness (QED) is 0.756. The van der Waals surface area contributed by atoms with Crippen LogP contribution >= 0.6 is 0 Å². The van der Waals surface area contributed by atoms with Gasteiger partial charge in [-0.05, 0) is 42.5 Å². The van der Waals surface area contributed by atoms with Gasteiger partial charge in [-0.3, -0.25) is 9.59 Å². The van der Waals surface area contributed by atoms with Crippen molar-refractivity contribution in [2.45, 2.75) is 0 Å². The first-order chi connectivity index (χ1) is 13.7.